The van der Waals surface area contributed by atoms with Crippen LogP contribution in [0.1, 0.15) is 40.5 Å². The Morgan fingerprint density at radius 1 is 1.53 bits per heavy atom. The summed E-state index contributed by atoms with van der Waals surface area (Å²) >= 11 is 0. The zero-order valence-corrected chi connectivity index (χ0v) is 10.1. The smallest absolute Gasteiger partial charge is 0.410 e. The summed E-state index contributed by atoms with van der Waals surface area (Å²) < 4.78 is 5.33. The van der Waals surface area contributed by atoms with Gasteiger partial charge in [-0.2, -0.15) is 0 Å². The first-order valence-electron chi connectivity index (χ1n) is 5.55. The molecule has 0 heterocycles. The highest BCUT2D eigenvalue weighted by Gasteiger charge is 2.35. The van der Waals surface area contributed by atoms with Crippen molar-refractivity contribution in [3.8, 4) is 0 Å². The highest BCUT2D eigenvalue weighted by Crippen LogP contribution is 2.28. The number of amides is 1. The number of carbonyl (C=O) groups excluding carboxylic acids is 1. The Hall–Kier alpha value is -0.770. The highest BCUT2D eigenvalue weighted by molar-refractivity contribution is 5.69. The summed E-state index contributed by atoms with van der Waals surface area (Å²) in [5.74, 6) is 0. The lowest BCUT2D eigenvalue weighted by Crippen LogP contribution is -2.43. The van der Waals surface area contributed by atoms with Gasteiger partial charge in [-0.05, 0) is 40.5 Å². The van der Waals surface area contributed by atoms with Gasteiger partial charge >= 0.3 is 6.09 Å². The number of carbonyl (C=O) groups is 1. The maximum absolute atomic E-state index is 11.8. The number of nitrogens with two attached hydrogens (primary N) is 1. The minimum Gasteiger partial charge on any atom is -0.444 e. The fraction of sp³-hybridized carbons (Fsp3) is 0.909. The molecular weight excluding hydrogens is 192 g/mol. The third-order valence-corrected chi connectivity index (χ3v) is 2.10. The summed E-state index contributed by atoms with van der Waals surface area (Å²) in [6, 6.07) is 0.351. The summed E-state index contributed by atoms with van der Waals surface area (Å²) in [6.07, 6.45) is 1.92. The molecule has 15 heavy (non-hydrogen) atoms. The van der Waals surface area contributed by atoms with E-state index in [2.05, 4.69) is 0 Å². The van der Waals surface area contributed by atoms with Crippen molar-refractivity contribution in [1.29, 1.82) is 0 Å². The van der Waals surface area contributed by atoms with Gasteiger partial charge in [0.15, 0.2) is 0 Å². The quantitative estimate of drug-likeness (QED) is 0.778. The van der Waals surface area contributed by atoms with Crippen LogP contribution in [0.3, 0.4) is 0 Å². The molecule has 1 atom stereocenters. The highest BCUT2D eigenvalue weighted by atomic mass is 16.6. The molecule has 0 bridgehead atoms. The van der Waals surface area contributed by atoms with Crippen LogP contribution < -0.4 is 5.73 Å². The van der Waals surface area contributed by atoms with Gasteiger partial charge in [0, 0.05) is 18.6 Å². The molecule has 0 aliphatic heterocycles. The zero-order chi connectivity index (χ0) is 11.6. The van der Waals surface area contributed by atoms with Gasteiger partial charge in [-0.1, -0.05) is 0 Å². The summed E-state index contributed by atoms with van der Waals surface area (Å²) in [6.45, 7) is 8.12. The van der Waals surface area contributed by atoms with Gasteiger partial charge in [-0.3, -0.25) is 0 Å². The standard InChI is InChI=1S/C11H22N2O2/c1-8(12)7-13(9-5-6-9)10(14)15-11(2,3)4/h8-9H,5-7,12H2,1-4H3. The predicted molar refractivity (Wildman–Crippen MR) is 59.6 cm³/mol. The Morgan fingerprint density at radius 3 is 2.40 bits per heavy atom. The van der Waals surface area contributed by atoms with E-state index in [1.54, 1.807) is 4.90 Å². The molecule has 2 N–H and O–H groups in total. The Balaban J connectivity index is 2.51. The van der Waals surface area contributed by atoms with Crippen LogP contribution in [0.4, 0.5) is 4.79 Å². The largest absolute Gasteiger partial charge is 0.444 e. The number of hydrogen-bond acceptors (Lipinski definition) is 3. The van der Waals surface area contributed by atoms with Gasteiger partial charge in [0.25, 0.3) is 0 Å². The number of nitrogens with zero attached hydrogens (tertiary/aromatic N) is 1. The van der Waals surface area contributed by atoms with Crippen molar-refractivity contribution in [2.45, 2.75) is 58.2 Å². The average Bonchev–Trinajstić information content (AvgIpc) is 2.78. The van der Waals surface area contributed by atoms with E-state index in [0.717, 1.165) is 12.8 Å². The number of rotatable bonds is 3. The van der Waals surface area contributed by atoms with E-state index in [9.17, 15) is 4.79 Å². The maximum Gasteiger partial charge on any atom is 0.410 e. The van der Waals surface area contributed by atoms with E-state index in [1.807, 2.05) is 27.7 Å². The van der Waals surface area contributed by atoms with Crippen molar-refractivity contribution in [1.82, 2.24) is 4.90 Å². The molecule has 0 aromatic heterocycles. The number of ether oxygens (including phenoxy) is 1. The van der Waals surface area contributed by atoms with Gasteiger partial charge in [0.05, 0.1) is 0 Å². The van der Waals surface area contributed by atoms with Crippen LogP contribution in [0, 0.1) is 0 Å². The van der Waals surface area contributed by atoms with E-state index in [-0.39, 0.29) is 12.1 Å². The molecule has 1 fully saturated rings. The Bertz CT molecular complexity index is 229. The van der Waals surface area contributed by atoms with Crippen LogP contribution in [0.2, 0.25) is 0 Å². The van der Waals surface area contributed by atoms with E-state index in [0.29, 0.717) is 12.6 Å². The number of hydrogen-bond donors (Lipinski definition) is 1. The third-order valence-electron chi connectivity index (χ3n) is 2.10. The molecule has 1 aliphatic carbocycles. The third kappa shape index (κ3) is 4.51. The molecule has 1 rings (SSSR count). The first kappa shape index (κ1) is 12.3. The molecule has 88 valence electrons. The molecule has 0 saturated heterocycles. The van der Waals surface area contributed by atoms with E-state index < -0.39 is 5.60 Å². The van der Waals surface area contributed by atoms with Crippen molar-refractivity contribution >= 4 is 6.09 Å². The Kier molecular flexibility index (Phi) is 3.60. The van der Waals surface area contributed by atoms with Crippen molar-refractivity contribution in [2.75, 3.05) is 6.54 Å². The van der Waals surface area contributed by atoms with Crippen LogP contribution in [-0.2, 0) is 4.74 Å². The Labute approximate surface area is 91.8 Å². The molecule has 1 aliphatic rings. The first-order chi connectivity index (χ1) is 6.79. The van der Waals surface area contributed by atoms with Gasteiger partial charge in [-0.25, -0.2) is 4.79 Å². The van der Waals surface area contributed by atoms with Crippen molar-refractivity contribution < 1.29 is 9.53 Å². The van der Waals surface area contributed by atoms with Gasteiger partial charge in [0.1, 0.15) is 5.60 Å². The second kappa shape index (κ2) is 4.39. The lowest BCUT2D eigenvalue weighted by Gasteiger charge is -2.28. The van der Waals surface area contributed by atoms with Crippen LogP contribution in [0.15, 0.2) is 0 Å². The fourth-order valence-electron chi connectivity index (χ4n) is 1.39. The van der Waals surface area contributed by atoms with Crippen LogP contribution >= 0.6 is 0 Å². The molecule has 0 aromatic rings. The summed E-state index contributed by atoms with van der Waals surface area (Å²) in [7, 11) is 0. The molecule has 1 saturated carbocycles. The fourth-order valence-corrected chi connectivity index (χ4v) is 1.39. The van der Waals surface area contributed by atoms with E-state index in [4.69, 9.17) is 10.5 Å². The molecule has 0 aromatic carbocycles. The average molecular weight is 214 g/mol. The molecule has 1 amide bonds. The summed E-state index contributed by atoms with van der Waals surface area (Å²) in [5, 5.41) is 0. The first-order valence-corrected chi connectivity index (χ1v) is 5.55. The van der Waals surface area contributed by atoms with Crippen LogP contribution in [-0.4, -0.2) is 35.2 Å². The van der Waals surface area contributed by atoms with Gasteiger partial charge in [-0.15, -0.1) is 0 Å². The summed E-state index contributed by atoms with van der Waals surface area (Å²) in [5.41, 5.74) is 5.28. The topological polar surface area (TPSA) is 55.6 Å². The lowest BCUT2D eigenvalue weighted by atomic mass is 10.2. The second-order valence-corrected chi connectivity index (χ2v) is 5.34. The molecule has 4 heteroatoms. The normalized spacial score (nSPS) is 18.5. The molecule has 1 unspecified atom stereocenters. The minimum absolute atomic E-state index is 0.00174. The second-order valence-electron chi connectivity index (χ2n) is 5.34. The zero-order valence-electron chi connectivity index (χ0n) is 10.1. The molecule has 4 nitrogen and oxygen atoms in total. The van der Waals surface area contributed by atoms with E-state index in [1.165, 1.54) is 0 Å². The minimum atomic E-state index is -0.429. The lowest BCUT2D eigenvalue weighted by molar-refractivity contribution is 0.0225. The predicted octanol–water partition coefficient (Wildman–Crippen LogP) is 1.73. The molecular formula is C11H22N2O2. The SMILES string of the molecule is CC(N)CN(C(=O)OC(C)(C)C)C1CC1. The maximum atomic E-state index is 11.8. The monoisotopic (exact) mass is 214 g/mol. The van der Waals surface area contributed by atoms with Crippen LogP contribution in [0.25, 0.3) is 0 Å². The molecule has 0 spiro atoms. The van der Waals surface area contributed by atoms with Crippen molar-refractivity contribution in [2.24, 2.45) is 5.73 Å². The van der Waals surface area contributed by atoms with Crippen molar-refractivity contribution in [3.05, 3.63) is 0 Å². The summed E-state index contributed by atoms with van der Waals surface area (Å²) in [4.78, 5) is 13.6. The van der Waals surface area contributed by atoms with Crippen LogP contribution in [0.5, 0.6) is 0 Å². The van der Waals surface area contributed by atoms with E-state index >= 15 is 0 Å². The molecule has 0 radical (unpaired) electrons. The van der Waals surface area contributed by atoms with Gasteiger partial charge in [0.2, 0.25) is 0 Å². The van der Waals surface area contributed by atoms with Gasteiger partial charge < -0.3 is 15.4 Å². The Morgan fingerprint density at radius 2 is 2.07 bits per heavy atom. The van der Waals surface area contributed by atoms with Crippen molar-refractivity contribution in [3.63, 3.8) is 0 Å².